The van der Waals surface area contributed by atoms with Gasteiger partial charge in [0.1, 0.15) is 0 Å². The molecular weight excluding hydrogens is 124 g/mol. The fourth-order valence-corrected chi connectivity index (χ4v) is 0.337. The van der Waals surface area contributed by atoms with Gasteiger partial charge in [0.15, 0.2) is 0 Å². The van der Waals surface area contributed by atoms with E-state index in [0.29, 0.717) is 0 Å². The van der Waals surface area contributed by atoms with Crippen molar-refractivity contribution in [3.8, 4) is 11.8 Å². The van der Waals surface area contributed by atoms with E-state index in [9.17, 15) is 0 Å². The highest BCUT2D eigenvalue weighted by Gasteiger charge is 2.01. The Morgan fingerprint density at radius 2 is 2.20 bits per heavy atom. The average Bonchev–Trinajstić information content (AvgIpc) is 1.76. The molecule has 0 aromatic carbocycles. The van der Waals surface area contributed by atoms with E-state index in [-0.39, 0.29) is 5.41 Å². The molecule has 0 fully saturated rings. The van der Waals surface area contributed by atoms with Crippen LogP contribution in [0.1, 0.15) is 23.5 Å². The standard InChI is InChI=1S/C9H14O/c1-9(2,3)7-5-4-6-8-10/h4,6,10H,8H2,1-3H3/i8D2. The van der Waals surface area contributed by atoms with Crippen LogP contribution in [-0.2, 0) is 0 Å². The molecule has 0 aliphatic heterocycles. The van der Waals surface area contributed by atoms with E-state index in [4.69, 9.17) is 7.85 Å². The first-order valence-corrected chi connectivity index (χ1v) is 3.13. The molecule has 1 heteroatoms. The van der Waals surface area contributed by atoms with Crippen molar-refractivity contribution in [1.82, 2.24) is 0 Å². The zero-order valence-electron chi connectivity index (χ0n) is 8.60. The summed E-state index contributed by atoms with van der Waals surface area (Å²) in [5, 5.41) is 8.63. The number of aliphatic hydroxyl groups is 1. The van der Waals surface area contributed by atoms with Crippen LogP contribution in [-0.4, -0.2) is 11.7 Å². The molecule has 0 aliphatic carbocycles. The fraction of sp³-hybridized carbons (Fsp3) is 0.556. The maximum absolute atomic E-state index is 8.63. The van der Waals surface area contributed by atoms with Gasteiger partial charge in [0, 0.05) is 5.41 Å². The van der Waals surface area contributed by atoms with Gasteiger partial charge in [-0.15, -0.1) is 0 Å². The smallest absolute Gasteiger partial charge is 0.0621 e. The second-order valence-electron chi connectivity index (χ2n) is 2.98. The monoisotopic (exact) mass is 140 g/mol. The molecule has 0 saturated heterocycles. The molecule has 0 aliphatic rings. The lowest BCUT2D eigenvalue weighted by Crippen LogP contribution is -1.98. The Hall–Kier alpha value is -0.740. The lowest BCUT2D eigenvalue weighted by atomic mass is 9.98. The maximum Gasteiger partial charge on any atom is 0.0621 e. The summed E-state index contributed by atoms with van der Waals surface area (Å²) in [6.07, 6.45) is 2.34. The van der Waals surface area contributed by atoms with Gasteiger partial charge in [0.2, 0.25) is 0 Å². The highest BCUT2D eigenvalue weighted by Crippen LogP contribution is 2.09. The van der Waals surface area contributed by atoms with Crippen molar-refractivity contribution in [3.05, 3.63) is 12.2 Å². The highest BCUT2D eigenvalue weighted by molar-refractivity contribution is 5.18. The molecule has 0 saturated carbocycles. The predicted molar refractivity (Wildman–Crippen MR) is 43.5 cm³/mol. The van der Waals surface area contributed by atoms with Crippen LogP contribution < -0.4 is 0 Å². The van der Waals surface area contributed by atoms with E-state index < -0.39 is 6.56 Å². The van der Waals surface area contributed by atoms with Crippen molar-refractivity contribution in [2.75, 3.05) is 6.56 Å². The van der Waals surface area contributed by atoms with Crippen LogP contribution in [0.3, 0.4) is 0 Å². The first-order chi connectivity index (χ1) is 5.21. The van der Waals surface area contributed by atoms with Crippen molar-refractivity contribution in [2.45, 2.75) is 20.8 Å². The third kappa shape index (κ3) is 7.26. The van der Waals surface area contributed by atoms with Crippen molar-refractivity contribution in [2.24, 2.45) is 5.41 Å². The lowest BCUT2D eigenvalue weighted by Gasteiger charge is -2.05. The quantitative estimate of drug-likeness (QED) is 0.548. The number of hydrogen-bond acceptors (Lipinski definition) is 1. The number of hydrogen-bond donors (Lipinski definition) is 1. The molecule has 0 heterocycles. The summed E-state index contributed by atoms with van der Waals surface area (Å²) in [5.41, 5.74) is -0.0908. The first kappa shape index (κ1) is 6.00. The molecule has 1 nitrogen and oxygen atoms in total. The van der Waals surface area contributed by atoms with Crippen molar-refractivity contribution in [1.29, 1.82) is 0 Å². The van der Waals surface area contributed by atoms with Crippen LogP contribution in [0.15, 0.2) is 12.2 Å². The SMILES string of the molecule is [2H]C([2H])(O)C=CC#CC(C)(C)C. The topological polar surface area (TPSA) is 20.2 Å². The lowest BCUT2D eigenvalue weighted by molar-refractivity contribution is 0.343. The van der Waals surface area contributed by atoms with Crippen LogP contribution in [0.5, 0.6) is 0 Å². The van der Waals surface area contributed by atoms with Gasteiger partial charge in [-0.05, 0) is 26.8 Å². The molecule has 0 amide bonds. The summed E-state index contributed by atoms with van der Waals surface area (Å²) >= 11 is 0. The van der Waals surface area contributed by atoms with Crippen molar-refractivity contribution in [3.63, 3.8) is 0 Å². The zero-order valence-corrected chi connectivity index (χ0v) is 6.60. The van der Waals surface area contributed by atoms with E-state index in [2.05, 4.69) is 11.8 Å². The second kappa shape index (κ2) is 4.14. The maximum atomic E-state index is 8.63. The zero-order chi connectivity index (χ0) is 9.83. The van der Waals surface area contributed by atoms with Crippen LogP contribution in [0.4, 0.5) is 0 Å². The molecule has 10 heavy (non-hydrogen) atoms. The molecule has 0 aromatic heterocycles. The van der Waals surface area contributed by atoms with Gasteiger partial charge in [0.05, 0.1) is 9.30 Å². The van der Waals surface area contributed by atoms with Crippen LogP contribution in [0, 0.1) is 17.3 Å². The highest BCUT2D eigenvalue weighted by atomic mass is 16.2. The third-order valence-electron chi connectivity index (χ3n) is 0.688. The minimum absolute atomic E-state index is 0.0908. The molecule has 0 atom stereocenters. The Kier molecular flexibility index (Phi) is 2.48. The van der Waals surface area contributed by atoms with Gasteiger partial charge in [-0.2, -0.15) is 0 Å². The van der Waals surface area contributed by atoms with E-state index >= 15 is 0 Å². The Morgan fingerprint density at radius 1 is 1.60 bits per heavy atom. The Labute approximate surface area is 65.6 Å². The van der Waals surface area contributed by atoms with Gasteiger partial charge in [0.25, 0.3) is 0 Å². The summed E-state index contributed by atoms with van der Waals surface area (Å²) in [7, 11) is 0. The van der Waals surface area contributed by atoms with E-state index in [1.54, 1.807) is 0 Å². The molecule has 0 rings (SSSR count). The van der Waals surface area contributed by atoms with E-state index in [0.717, 1.165) is 6.08 Å². The predicted octanol–water partition coefficient (Wildman–Crippen LogP) is 1.58. The largest absolute Gasteiger partial charge is 0.392 e. The fourth-order valence-electron chi connectivity index (χ4n) is 0.337. The molecule has 0 spiro atoms. The number of allylic oxidation sites excluding steroid dienone is 1. The molecule has 0 radical (unpaired) electrons. The minimum atomic E-state index is -2.26. The van der Waals surface area contributed by atoms with E-state index in [1.807, 2.05) is 20.8 Å². The Bertz CT molecular complexity index is 220. The third-order valence-corrected chi connectivity index (χ3v) is 0.688. The van der Waals surface area contributed by atoms with Gasteiger partial charge >= 0.3 is 0 Å². The Balaban J connectivity index is 4.13. The van der Waals surface area contributed by atoms with Crippen molar-refractivity contribution < 1.29 is 7.85 Å². The van der Waals surface area contributed by atoms with Crippen LogP contribution >= 0.6 is 0 Å². The summed E-state index contributed by atoms with van der Waals surface area (Å²) in [4.78, 5) is 0. The summed E-state index contributed by atoms with van der Waals surface area (Å²) in [5.74, 6) is 5.53. The molecule has 0 unspecified atom stereocenters. The van der Waals surface area contributed by atoms with Gasteiger partial charge in [-0.25, -0.2) is 0 Å². The second-order valence-corrected chi connectivity index (χ2v) is 2.98. The first-order valence-electron chi connectivity index (χ1n) is 4.13. The minimum Gasteiger partial charge on any atom is -0.392 e. The molecule has 0 aromatic rings. The molecular formula is C9H14O. The van der Waals surface area contributed by atoms with E-state index in [1.165, 1.54) is 6.08 Å². The summed E-state index contributed by atoms with van der Waals surface area (Å²) in [6.45, 7) is 3.62. The van der Waals surface area contributed by atoms with Gasteiger partial charge < -0.3 is 5.11 Å². The number of rotatable bonds is 1. The summed E-state index contributed by atoms with van der Waals surface area (Å²) < 4.78 is 13.5. The Morgan fingerprint density at radius 3 is 2.60 bits per heavy atom. The van der Waals surface area contributed by atoms with Gasteiger partial charge in [-0.1, -0.05) is 17.9 Å². The van der Waals surface area contributed by atoms with Crippen LogP contribution in [0.25, 0.3) is 0 Å². The average molecular weight is 140 g/mol. The molecule has 1 N–H and O–H groups in total. The van der Waals surface area contributed by atoms with Gasteiger partial charge in [-0.3, -0.25) is 0 Å². The van der Waals surface area contributed by atoms with Crippen molar-refractivity contribution >= 4 is 0 Å². The normalized spacial score (nSPS) is 15.6. The summed E-state index contributed by atoms with van der Waals surface area (Å²) in [6, 6.07) is 0. The molecule has 56 valence electrons. The molecule has 0 bridgehead atoms. The van der Waals surface area contributed by atoms with Crippen LogP contribution in [0.2, 0.25) is 0 Å².